The van der Waals surface area contributed by atoms with E-state index < -0.39 is 12.1 Å². The number of phenolic OH excluding ortho intramolecular Hbond substituents is 1. The van der Waals surface area contributed by atoms with Crippen molar-refractivity contribution in [3.8, 4) is 22.8 Å². The number of halogens is 3. The molecule has 0 bridgehead atoms. The maximum Gasteiger partial charge on any atom is 0.490 e. The summed E-state index contributed by atoms with van der Waals surface area (Å²) in [5.74, 6) is -1.37. The highest BCUT2D eigenvalue weighted by Crippen LogP contribution is 2.39. The van der Waals surface area contributed by atoms with Crippen LogP contribution in [-0.4, -0.2) is 94.1 Å². The predicted octanol–water partition coefficient (Wildman–Crippen LogP) is 5.01. The minimum Gasteiger partial charge on any atom is -0.506 e. The molecule has 4 N–H and O–H groups in total. The second-order valence-electron chi connectivity index (χ2n) is 12.6. The van der Waals surface area contributed by atoms with Gasteiger partial charge < -0.3 is 39.8 Å². The van der Waals surface area contributed by atoms with Crippen LogP contribution in [0.15, 0.2) is 42.6 Å². The van der Waals surface area contributed by atoms with E-state index in [1.807, 2.05) is 30.8 Å². The Balaban J connectivity index is 0.000000755. The average molecular weight is 718 g/mol. The zero-order valence-electron chi connectivity index (χ0n) is 28.9. The monoisotopic (exact) mass is 717 g/mol. The summed E-state index contributed by atoms with van der Waals surface area (Å²) < 4.78 is 45.3. The number of carbonyl (C=O) groups excluding carboxylic acids is 2. The van der Waals surface area contributed by atoms with Gasteiger partial charge in [-0.2, -0.15) is 13.2 Å². The molecule has 3 aromatic rings. The normalized spacial score (nSPS) is 14.5. The molecule has 0 unspecified atom stereocenters. The number of aromatic hydroxyl groups is 1. The van der Waals surface area contributed by atoms with Gasteiger partial charge in [0.2, 0.25) is 5.91 Å². The van der Waals surface area contributed by atoms with Crippen molar-refractivity contribution in [3.05, 3.63) is 59.5 Å². The van der Waals surface area contributed by atoms with E-state index in [-0.39, 0.29) is 30.2 Å². The Bertz CT molecular complexity index is 1620. The van der Waals surface area contributed by atoms with Crippen molar-refractivity contribution in [2.24, 2.45) is 7.05 Å². The second-order valence-corrected chi connectivity index (χ2v) is 12.6. The topological polar surface area (TPSA) is 155 Å². The van der Waals surface area contributed by atoms with E-state index in [4.69, 9.17) is 19.4 Å². The number of aliphatic carboxylic acids is 1. The Morgan fingerprint density at radius 3 is 2.55 bits per heavy atom. The first-order chi connectivity index (χ1) is 24.3. The summed E-state index contributed by atoms with van der Waals surface area (Å²) in [5, 5.41) is 23.4. The van der Waals surface area contributed by atoms with Gasteiger partial charge in [0.25, 0.3) is 5.91 Å². The third-order valence-electron chi connectivity index (χ3n) is 8.83. The van der Waals surface area contributed by atoms with Crippen LogP contribution in [0.25, 0.3) is 11.3 Å². The highest BCUT2D eigenvalue weighted by atomic mass is 19.4. The number of carboxylic acids is 1. The number of aromatic nitrogens is 2. The summed E-state index contributed by atoms with van der Waals surface area (Å²) in [6.45, 7) is 4.95. The maximum absolute atomic E-state index is 13.3. The van der Waals surface area contributed by atoms with Gasteiger partial charge in [0.05, 0.1) is 25.3 Å². The molecule has 5 rings (SSSR count). The highest BCUT2D eigenvalue weighted by molar-refractivity contribution is 5.97. The van der Waals surface area contributed by atoms with E-state index in [2.05, 4.69) is 44.8 Å². The molecule has 0 atom stereocenters. The summed E-state index contributed by atoms with van der Waals surface area (Å²) in [6.07, 6.45) is 4.48. The van der Waals surface area contributed by atoms with Gasteiger partial charge in [0.15, 0.2) is 12.4 Å². The Hall–Kier alpha value is -4.63. The molecule has 278 valence electrons. The van der Waals surface area contributed by atoms with Gasteiger partial charge in [0, 0.05) is 37.9 Å². The molecule has 2 heterocycles. The number of amides is 2. The number of hydrogen-bond acceptors (Lipinski definition) is 8. The number of nitrogens with zero attached hydrogens (tertiary/aromatic N) is 3. The Morgan fingerprint density at radius 1 is 1.12 bits per heavy atom. The van der Waals surface area contributed by atoms with Crippen LogP contribution in [0.3, 0.4) is 0 Å². The van der Waals surface area contributed by atoms with Crippen molar-refractivity contribution in [2.45, 2.75) is 70.5 Å². The van der Waals surface area contributed by atoms with E-state index in [9.17, 15) is 27.9 Å². The van der Waals surface area contributed by atoms with Gasteiger partial charge in [-0.1, -0.05) is 43.5 Å². The minimum absolute atomic E-state index is 0.000233. The first kappa shape index (κ1) is 39.2. The number of anilines is 1. The molecule has 1 saturated carbocycles. The summed E-state index contributed by atoms with van der Waals surface area (Å²) >= 11 is 0. The summed E-state index contributed by atoms with van der Waals surface area (Å²) in [4.78, 5) is 40.6. The van der Waals surface area contributed by atoms with Crippen LogP contribution < -0.4 is 15.4 Å². The number of nitrogens with one attached hydrogen (secondary N) is 2. The molecular weight excluding hydrogens is 671 g/mol. The summed E-state index contributed by atoms with van der Waals surface area (Å²) in [7, 11) is 2.00. The van der Waals surface area contributed by atoms with E-state index in [0.29, 0.717) is 57.1 Å². The van der Waals surface area contributed by atoms with Gasteiger partial charge >= 0.3 is 12.1 Å². The molecule has 2 aliphatic rings. The standard InChI is InChI=1S/C34H45N5O5.C2HF3O2/c1-24-36-29(22-38(24)2)27-8-6-7-25(21-27)14-19-43-20-15-32(42)39(28-9-4-3-5-10-28)18-17-35-16-13-26-11-12-30(40)33-34(26)44-23-31(41)37-33;3-2(4,5)1(6)7/h6-8,11-12,21-22,28,35,40H,3-5,9-10,13-20,23H2,1-2H3,(H,37,41);(H,6,7). The Morgan fingerprint density at radius 2 is 1.86 bits per heavy atom. The number of carbonyl (C=O) groups is 3. The molecule has 15 heteroatoms. The van der Waals surface area contributed by atoms with Crippen molar-refractivity contribution in [3.63, 3.8) is 0 Å². The second kappa shape index (κ2) is 18.6. The molecule has 0 spiro atoms. The molecular formula is C36H46F3N5O7. The summed E-state index contributed by atoms with van der Waals surface area (Å²) in [6, 6.07) is 12.1. The number of alkyl halides is 3. The van der Waals surface area contributed by atoms with Crippen LogP contribution in [0.2, 0.25) is 0 Å². The molecule has 1 aromatic heterocycles. The zero-order chi connectivity index (χ0) is 37.0. The van der Waals surface area contributed by atoms with E-state index in [1.54, 1.807) is 6.07 Å². The lowest BCUT2D eigenvalue weighted by Gasteiger charge is -2.34. The number of fused-ring (bicyclic) bond motifs is 1. The van der Waals surface area contributed by atoms with E-state index in [1.165, 1.54) is 12.0 Å². The smallest absolute Gasteiger partial charge is 0.490 e. The van der Waals surface area contributed by atoms with Crippen molar-refractivity contribution in [1.82, 2.24) is 19.8 Å². The number of hydrogen-bond donors (Lipinski definition) is 4. The molecule has 1 fully saturated rings. The van der Waals surface area contributed by atoms with Crippen molar-refractivity contribution in [2.75, 3.05) is 44.8 Å². The number of ether oxygens (including phenoxy) is 2. The van der Waals surface area contributed by atoms with Crippen LogP contribution in [0, 0.1) is 6.92 Å². The van der Waals surface area contributed by atoms with Crippen LogP contribution in [0.1, 0.15) is 55.5 Å². The lowest BCUT2D eigenvalue weighted by atomic mass is 9.94. The fraction of sp³-hybridized carbons (Fsp3) is 0.500. The highest BCUT2D eigenvalue weighted by Gasteiger charge is 2.38. The van der Waals surface area contributed by atoms with Gasteiger partial charge in [-0.05, 0) is 62.4 Å². The van der Waals surface area contributed by atoms with Gasteiger partial charge in [-0.15, -0.1) is 0 Å². The molecule has 1 aliphatic heterocycles. The lowest BCUT2D eigenvalue weighted by molar-refractivity contribution is -0.192. The van der Waals surface area contributed by atoms with Crippen molar-refractivity contribution in [1.29, 1.82) is 0 Å². The van der Waals surface area contributed by atoms with Gasteiger partial charge in [-0.3, -0.25) is 9.59 Å². The first-order valence-electron chi connectivity index (χ1n) is 17.1. The number of carboxylic acid groups (broad SMARTS) is 1. The van der Waals surface area contributed by atoms with Crippen LogP contribution >= 0.6 is 0 Å². The van der Waals surface area contributed by atoms with E-state index >= 15 is 0 Å². The quantitative estimate of drug-likeness (QED) is 0.133. The van der Waals surface area contributed by atoms with Crippen LogP contribution in [0.4, 0.5) is 18.9 Å². The minimum atomic E-state index is -5.08. The van der Waals surface area contributed by atoms with Crippen LogP contribution in [-0.2, 0) is 39.0 Å². The molecule has 0 radical (unpaired) electrons. The number of phenols is 1. The fourth-order valence-electron chi connectivity index (χ4n) is 6.04. The summed E-state index contributed by atoms with van der Waals surface area (Å²) in [5.41, 5.74) is 4.52. The van der Waals surface area contributed by atoms with Crippen molar-refractivity contribution >= 4 is 23.5 Å². The average Bonchev–Trinajstić information content (AvgIpc) is 3.45. The maximum atomic E-state index is 13.3. The van der Waals surface area contributed by atoms with Gasteiger partial charge in [0.1, 0.15) is 17.3 Å². The SMILES string of the molecule is Cc1nc(-c2cccc(CCOCCC(=O)N(CCNCCc3ccc(O)c4c3OCC(=O)N4)C3CCCCC3)c2)cn1C.O=C(O)C(F)(F)F. The van der Waals surface area contributed by atoms with Crippen LogP contribution in [0.5, 0.6) is 11.5 Å². The fourth-order valence-corrected chi connectivity index (χ4v) is 6.04. The third kappa shape index (κ3) is 11.7. The molecule has 1 aliphatic carbocycles. The van der Waals surface area contributed by atoms with E-state index in [0.717, 1.165) is 54.7 Å². The Kier molecular flexibility index (Phi) is 14.3. The van der Waals surface area contributed by atoms with Gasteiger partial charge in [-0.25, -0.2) is 9.78 Å². The molecule has 51 heavy (non-hydrogen) atoms. The van der Waals surface area contributed by atoms with Crippen molar-refractivity contribution < 1.29 is 47.2 Å². The largest absolute Gasteiger partial charge is 0.506 e. The molecule has 2 aromatic carbocycles. The number of imidazole rings is 1. The number of aryl methyl sites for hydroxylation is 2. The third-order valence-corrected chi connectivity index (χ3v) is 8.83. The lowest BCUT2D eigenvalue weighted by Crippen LogP contribution is -2.45. The zero-order valence-corrected chi connectivity index (χ0v) is 28.9. The molecule has 12 nitrogen and oxygen atoms in total. The molecule has 2 amide bonds. The predicted molar refractivity (Wildman–Crippen MR) is 184 cm³/mol. The number of rotatable bonds is 14. The molecule has 0 saturated heterocycles. The Labute approximate surface area is 294 Å². The number of benzene rings is 2. The first-order valence-corrected chi connectivity index (χ1v) is 17.1.